The first-order valence-electron chi connectivity index (χ1n) is 5.59. The molecule has 0 aliphatic heterocycles. The highest BCUT2D eigenvalue weighted by atomic mass is 35.5. The predicted octanol–water partition coefficient (Wildman–Crippen LogP) is 4.81. The number of carbonyl (C=O) groups is 1. The molecular formula is C13H7Cl3N2O3. The minimum absolute atomic E-state index is 0.0421. The second-order valence-electron chi connectivity index (χ2n) is 4.00. The van der Waals surface area contributed by atoms with Crippen molar-refractivity contribution in [2.24, 2.45) is 0 Å². The maximum absolute atomic E-state index is 12.1. The molecule has 0 aromatic heterocycles. The minimum atomic E-state index is -0.629. The molecule has 0 aliphatic rings. The maximum Gasteiger partial charge on any atom is 0.294 e. The molecule has 108 valence electrons. The van der Waals surface area contributed by atoms with E-state index in [1.165, 1.54) is 30.3 Å². The van der Waals surface area contributed by atoms with E-state index in [1.54, 1.807) is 0 Å². The van der Waals surface area contributed by atoms with E-state index in [4.69, 9.17) is 34.8 Å². The number of benzene rings is 2. The monoisotopic (exact) mass is 344 g/mol. The average Bonchev–Trinajstić information content (AvgIpc) is 2.43. The summed E-state index contributed by atoms with van der Waals surface area (Å²) in [6.07, 6.45) is 0. The number of nitrogens with one attached hydrogen (secondary N) is 1. The van der Waals surface area contributed by atoms with E-state index in [0.717, 1.165) is 6.07 Å². The molecule has 0 radical (unpaired) electrons. The van der Waals surface area contributed by atoms with Gasteiger partial charge in [0, 0.05) is 16.7 Å². The van der Waals surface area contributed by atoms with Crippen LogP contribution in [0.4, 0.5) is 11.4 Å². The Morgan fingerprint density at radius 1 is 1.05 bits per heavy atom. The number of carbonyl (C=O) groups excluding carboxylic acids is 1. The van der Waals surface area contributed by atoms with Crippen molar-refractivity contribution in [3.8, 4) is 0 Å². The molecule has 0 fully saturated rings. The van der Waals surface area contributed by atoms with E-state index >= 15 is 0 Å². The summed E-state index contributed by atoms with van der Waals surface area (Å²) in [4.78, 5) is 22.4. The van der Waals surface area contributed by atoms with Crippen molar-refractivity contribution in [3.05, 3.63) is 67.1 Å². The molecule has 0 aliphatic carbocycles. The van der Waals surface area contributed by atoms with Gasteiger partial charge in [-0.2, -0.15) is 0 Å². The first kappa shape index (κ1) is 15.6. The summed E-state index contributed by atoms with van der Waals surface area (Å²) in [6.45, 7) is 0. The summed E-state index contributed by atoms with van der Waals surface area (Å²) >= 11 is 17.3. The van der Waals surface area contributed by atoms with Gasteiger partial charge in [-0.25, -0.2) is 0 Å². The van der Waals surface area contributed by atoms with E-state index in [9.17, 15) is 14.9 Å². The fraction of sp³-hybridized carbons (Fsp3) is 0. The van der Waals surface area contributed by atoms with Crippen LogP contribution in [0.15, 0.2) is 36.4 Å². The SMILES string of the molecule is O=C(Nc1ccc(Cl)cc1[N+](=O)[O-])c1ccc(Cl)c(Cl)c1. The molecular weight excluding hydrogens is 339 g/mol. The summed E-state index contributed by atoms with van der Waals surface area (Å²) in [7, 11) is 0. The zero-order chi connectivity index (χ0) is 15.6. The van der Waals surface area contributed by atoms with Crippen LogP contribution in [0.1, 0.15) is 10.4 Å². The summed E-state index contributed by atoms with van der Waals surface area (Å²) in [5.41, 5.74) is -0.0231. The van der Waals surface area contributed by atoms with Gasteiger partial charge in [0.15, 0.2) is 0 Å². The van der Waals surface area contributed by atoms with E-state index in [-0.39, 0.29) is 27.0 Å². The number of rotatable bonds is 3. The Hall–Kier alpha value is -1.82. The molecule has 2 aromatic carbocycles. The predicted molar refractivity (Wildman–Crippen MR) is 82.5 cm³/mol. The molecule has 5 nitrogen and oxygen atoms in total. The van der Waals surface area contributed by atoms with Crippen LogP contribution in [0.3, 0.4) is 0 Å². The van der Waals surface area contributed by atoms with Gasteiger partial charge in [0.05, 0.1) is 15.0 Å². The number of nitro groups is 1. The largest absolute Gasteiger partial charge is 0.316 e. The second kappa shape index (κ2) is 6.30. The third kappa shape index (κ3) is 3.64. The summed E-state index contributed by atoms with van der Waals surface area (Å²) in [6, 6.07) is 8.27. The van der Waals surface area contributed by atoms with Crippen molar-refractivity contribution >= 4 is 52.1 Å². The quantitative estimate of drug-likeness (QED) is 0.641. The van der Waals surface area contributed by atoms with Crippen LogP contribution >= 0.6 is 34.8 Å². The molecule has 0 heterocycles. The van der Waals surface area contributed by atoms with Crippen LogP contribution in [0, 0.1) is 10.1 Å². The lowest BCUT2D eigenvalue weighted by molar-refractivity contribution is -0.383. The Balaban J connectivity index is 2.31. The Morgan fingerprint density at radius 3 is 2.38 bits per heavy atom. The fourth-order valence-corrected chi connectivity index (χ4v) is 2.06. The van der Waals surface area contributed by atoms with Gasteiger partial charge in [-0.05, 0) is 30.3 Å². The third-order valence-electron chi connectivity index (χ3n) is 2.59. The Kier molecular flexibility index (Phi) is 4.67. The van der Waals surface area contributed by atoms with Crippen LogP contribution in [-0.2, 0) is 0 Å². The van der Waals surface area contributed by atoms with E-state index in [1.807, 2.05) is 0 Å². The molecule has 2 aromatic rings. The molecule has 0 saturated heterocycles. The highest BCUT2D eigenvalue weighted by Gasteiger charge is 2.17. The topological polar surface area (TPSA) is 72.2 Å². The third-order valence-corrected chi connectivity index (χ3v) is 3.56. The second-order valence-corrected chi connectivity index (χ2v) is 5.25. The van der Waals surface area contributed by atoms with Crippen LogP contribution in [-0.4, -0.2) is 10.8 Å². The molecule has 0 spiro atoms. The molecule has 0 unspecified atom stereocenters. The summed E-state index contributed by atoms with van der Waals surface area (Å²) < 4.78 is 0. The standard InChI is InChI=1S/C13H7Cl3N2O3/c14-8-2-4-11(12(6-8)18(20)21)17-13(19)7-1-3-9(15)10(16)5-7/h1-6H,(H,17,19). The lowest BCUT2D eigenvalue weighted by Crippen LogP contribution is -2.13. The first-order chi connectivity index (χ1) is 9.88. The van der Waals surface area contributed by atoms with Crippen molar-refractivity contribution < 1.29 is 9.72 Å². The smallest absolute Gasteiger partial charge is 0.294 e. The number of halogens is 3. The van der Waals surface area contributed by atoms with Gasteiger partial charge in [0.1, 0.15) is 5.69 Å². The number of nitro benzene ring substituents is 1. The molecule has 8 heteroatoms. The molecule has 2 rings (SSSR count). The number of hydrogen-bond donors (Lipinski definition) is 1. The Labute approximate surface area is 134 Å². The fourth-order valence-electron chi connectivity index (χ4n) is 1.59. The van der Waals surface area contributed by atoms with Crippen LogP contribution in [0.25, 0.3) is 0 Å². The van der Waals surface area contributed by atoms with Crippen LogP contribution in [0.5, 0.6) is 0 Å². The summed E-state index contributed by atoms with van der Waals surface area (Å²) in [5, 5.41) is 14.1. The van der Waals surface area contributed by atoms with Gasteiger partial charge in [-0.3, -0.25) is 14.9 Å². The molecule has 0 bridgehead atoms. The zero-order valence-electron chi connectivity index (χ0n) is 10.3. The van der Waals surface area contributed by atoms with E-state index < -0.39 is 10.8 Å². The van der Waals surface area contributed by atoms with Crippen LogP contribution in [0.2, 0.25) is 15.1 Å². The average molecular weight is 346 g/mol. The molecule has 1 N–H and O–H groups in total. The maximum atomic E-state index is 12.1. The van der Waals surface area contributed by atoms with Crippen molar-refractivity contribution in [1.82, 2.24) is 0 Å². The van der Waals surface area contributed by atoms with Gasteiger partial charge < -0.3 is 5.32 Å². The van der Waals surface area contributed by atoms with Crippen LogP contribution < -0.4 is 5.32 Å². The van der Waals surface area contributed by atoms with Gasteiger partial charge in [0.25, 0.3) is 11.6 Å². The van der Waals surface area contributed by atoms with Gasteiger partial charge in [0.2, 0.25) is 0 Å². The molecule has 0 saturated carbocycles. The number of hydrogen-bond acceptors (Lipinski definition) is 3. The molecule has 1 amide bonds. The van der Waals surface area contributed by atoms with Crippen molar-refractivity contribution in [2.45, 2.75) is 0 Å². The molecule has 21 heavy (non-hydrogen) atoms. The first-order valence-corrected chi connectivity index (χ1v) is 6.72. The van der Waals surface area contributed by atoms with Gasteiger partial charge in [-0.1, -0.05) is 34.8 Å². The van der Waals surface area contributed by atoms with Gasteiger partial charge in [-0.15, -0.1) is 0 Å². The van der Waals surface area contributed by atoms with E-state index in [2.05, 4.69) is 5.32 Å². The number of anilines is 1. The van der Waals surface area contributed by atoms with E-state index in [0.29, 0.717) is 5.02 Å². The minimum Gasteiger partial charge on any atom is -0.316 e. The van der Waals surface area contributed by atoms with Crippen molar-refractivity contribution in [2.75, 3.05) is 5.32 Å². The zero-order valence-corrected chi connectivity index (χ0v) is 12.5. The Bertz CT molecular complexity index is 735. The van der Waals surface area contributed by atoms with Crippen molar-refractivity contribution in [1.29, 1.82) is 0 Å². The highest BCUT2D eigenvalue weighted by molar-refractivity contribution is 6.42. The lowest BCUT2D eigenvalue weighted by Gasteiger charge is -2.07. The lowest BCUT2D eigenvalue weighted by atomic mass is 10.2. The number of amides is 1. The van der Waals surface area contributed by atoms with Crippen molar-refractivity contribution in [3.63, 3.8) is 0 Å². The highest BCUT2D eigenvalue weighted by Crippen LogP contribution is 2.29. The normalized spacial score (nSPS) is 10.2. The molecule has 0 atom stereocenters. The van der Waals surface area contributed by atoms with Gasteiger partial charge >= 0.3 is 0 Å². The number of nitrogens with zero attached hydrogens (tertiary/aromatic N) is 1. The summed E-state index contributed by atoms with van der Waals surface area (Å²) in [5.74, 6) is -0.543. The Morgan fingerprint density at radius 2 is 1.76 bits per heavy atom.